The van der Waals surface area contributed by atoms with Gasteiger partial charge in [0.2, 0.25) is 17.7 Å². The monoisotopic (exact) mass is 1310 g/mol. The lowest BCUT2D eigenvalue weighted by Gasteiger charge is -2.29. The Morgan fingerprint density at radius 2 is 1.13 bits per heavy atom. The third kappa shape index (κ3) is 23.7. The smallest absolute Gasteiger partial charge is 0.348 e. The van der Waals surface area contributed by atoms with Gasteiger partial charge >= 0.3 is 5.97 Å². The van der Waals surface area contributed by atoms with Crippen LogP contribution in [0, 0.1) is 71.3 Å². The fraction of sp³-hybridized carbons (Fsp3) is 0.460. The molecule has 0 radical (unpaired) electrons. The summed E-state index contributed by atoms with van der Waals surface area (Å²) in [4.78, 5) is 70.8. The van der Waals surface area contributed by atoms with E-state index in [1.54, 1.807) is 20.8 Å². The molecular formula is C50H61Cl3F8N14O4S4. The lowest BCUT2D eigenvalue weighted by Crippen LogP contribution is -2.32. The number of halogens is 11. The van der Waals surface area contributed by atoms with Crippen molar-refractivity contribution in [2.24, 2.45) is 11.5 Å². The maximum atomic E-state index is 14.3. The van der Waals surface area contributed by atoms with E-state index in [0.717, 1.165) is 29.7 Å². The molecule has 0 amide bonds. The Morgan fingerprint density at radius 1 is 0.699 bits per heavy atom. The van der Waals surface area contributed by atoms with Crippen LogP contribution in [0.3, 0.4) is 0 Å². The molecule has 0 bridgehead atoms. The van der Waals surface area contributed by atoms with Crippen molar-refractivity contribution >= 4 is 105 Å². The van der Waals surface area contributed by atoms with Crippen LogP contribution in [-0.4, -0.2) is 104 Å². The number of esters is 1. The molecule has 7 aromatic heterocycles. The number of anilines is 1. The van der Waals surface area contributed by atoms with Crippen molar-refractivity contribution in [1.82, 2.24) is 49.8 Å². The van der Waals surface area contributed by atoms with E-state index in [1.807, 2.05) is 49.2 Å². The summed E-state index contributed by atoms with van der Waals surface area (Å²) in [7, 11) is 0. The Bertz CT molecular complexity index is 3270. The number of aromatic nitrogens is 10. The molecule has 7 heterocycles. The van der Waals surface area contributed by atoms with Crippen molar-refractivity contribution in [2.75, 3.05) is 11.9 Å². The number of aryl methyl sites for hydroxylation is 7. The molecule has 2 fully saturated rings. The largest absolute Gasteiger partial charge is 0.463 e. The van der Waals surface area contributed by atoms with Gasteiger partial charge in [0.15, 0.2) is 71.7 Å². The Hall–Kier alpha value is -5.76. The second kappa shape index (κ2) is 33.7. The zero-order valence-electron chi connectivity index (χ0n) is 46.1. The number of ether oxygens (including phenoxy) is 1. The second-order valence-electron chi connectivity index (χ2n) is 18.1. The molecule has 0 spiro atoms. The summed E-state index contributed by atoms with van der Waals surface area (Å²) in [5.41, 5.74) is 13.9. The number of ketones is 1. The van der Waals surface area contributed by atoms with Gasteiger partial charge in [-0.05, 0) is 88.0 Å². The third-order valence-corrected chi connectivity index (χ3v) is 15.1. The van der Waals surface area contributed by atoms with Gasteiger partial charge in [-0.1, -0.05) is 11.6 Å². The van der Waals surface area contributed by atoms with Gasteiger partial charge in [0.25, 0.3) is 11.7 Å². The number of carbonyl (C=O) groups is 2. The Kier molecular flexibility index (Phi) is 29.7. The van der Waals surface area contributed by atoms with Gasteiger partial charge in [-0.25, -0.2) is 80.4 Å². The van der Waals surface area contributed by atoms with Crippen molar-refractivity contribution in [1.29, 1.82) is 5.41 Å². The molecule has 456 valence electrons. The van der Waals surface area contributed by atoms with Crippen LogP contribution >= 0.6 is 81.8 Å². The summed E-state index contributed by atoms with van der Waals surface area (Å²) in [5.74, 6) is -7.76. The SMILES string of the molecule is CCOC(=O)C(F)C(C)=O.Cc1csc(-c2nc(C)c(F)c(=O)[nH]2)n1.Cc1csc(-c2nc(C)c(F)c(Cl)n2)n1.Cc1csc(-c2nc(C)c(F)c(NC3CCC(F)(F)CC3)n2)n1.Cc1csc(C(=N)N)n1.Cl.Cl.NC1CCC(F)(F)CC1. The van der Waals surface area contributed by atoms with E-state index in [9.17, 15) is 49.5 Å². The highest BCUT2D eigenvalue weighted by Gasteiger charge is 2.36. The lowest BCUT2D eigenvalue weighted by atomic mass is 9.92. The topological polar surface area (TPSA) is 280 Å². The van der Waals surface area contributed by atoms with E-state index in [-0.39, 0.29) is 103 Å². The molecular weight excluding hydrogens is 1250 g/mol. The van der Waals surface area contributed by atoms with E-state index in [4.69, 9.17) is 28.5 Å². The summed E-state index contributed by atoms with van der Waals surface area (Å²) >= 11 is 11.2. The van der Waals surface area contributed by atoms with Gasteiger partial charge in [-0.3, -0.25) is 15.0 Å². The lowest BCUT2D eigenvalue weighted by molar-refractivity contribution is -0.152. The van der Waals surface area contributed by atoms with Gasteiger partial charge in [-0.2, -0.15) is 4.39 Å². The van der Waals surface area contributed by atoms with E-state index >= 15 is 0 Å². The molecule has 2 aliphatic rings. The van der Waals surface area contributed by atoms with Crippen LogP contribution in [0.5, 0.6) is 0 Å². The van der Waals surface area contributed by atoms with Gasteiger partial charge < -0.3 is 26.5 Å². The first-order valence-electron chi connectivity index (χ1n) is 24.5. The minimum Gasteiger partial charge on any atom is -0.463 e. The Balaban J connectivity index is 0.000000351. The van der Waals surface area contributed by atoms with Crippen molar-refractivity contribution in [3.05, 3.63) is 99.3 Å². The normalized spacial score (nSPS) is 14.4. The molecule has 1 atom stereocenters. The summed E-state index contributed by atoms with van der Waals surface area (Å²) < 4.78 is 108. The molecule has 7 aromatic rings. The predicted molar refractivity (Wildman–Crippen MR) is 312 cm³/mol. The van der Waals surface area contributed by atoms with Crippen LogP contribution in [-0.2, 0) is 14.3 Å². The first-order chi connectivity index (χ1) is 37.9. The molecule has 0 aromatic carbocycles. The number of amidine groups is 1. The van der Waals surface area contributed by atoms with Crippen molar-refractivity contribution in [2.45, 2.75) is 144 Å². The van der Waals surface area contributed by atoms with Gasteiger partial charge in [0, 0.05) is 82.1 Å². The molecule has 7 N–H and O–H groups in total. The van der Waals surface area contributed by atoms with Gasteiger partial charge in [-0.15, -0.1) is 70.2 Å². The highest BCUT2D eigenvalue weighted by Crippen LogP contribution is 2.35. The molecule has 83 heavy (non-hydrogen) atoms. The first kappa shape index (κ1) is 73.3. The fourth-order valence-electron chi connectivity index (χ4n) is 6.72. The number of Topliss-reactive ketones (excluding diaryl/α,β-unsaturated/α-hetero) is 1. The Labute approximate surface area is 505 Å². The highest BCUT2D eigenvalue weighted by molar-refractivity contribution is 7.13. The molecule has 0 aliphatic heterocycles. The molecule has 1 unspecified atom stereocenters. The molecule has 33 heteroatoms. The first-order valence-corrected chi connectivity index (χ1v) is 28.4. The van der Waals surface area contributed by atoms with Crippen LogP contribution in [0.2, 0.25) is 5.15 Å². The van der Waals surface area contributed by atoms with Crippen molar-refractivity contribution < 1.29 is 49.4 Å². The average molecular weight is 1310 g/mol. The van der Waals surface area contributed by atoms with E-state index in [0.29, 0.717) is 63.2 Å². The summed E-state index contributed by atoms with van der Waals surface area (Å²) in [6, 6.07) is -0.186. The average Bonchev–Trinajstić information content (AvgIpc) is 4.42. The summed E-state index contributed by atoms with van der Waals surface area (Å²) in [6.07, 6.45) is -0.978. The minimum atomic E-state index is -2.61. The molecule has 18 nitrogen and oxygen atoms in total. The zero-order chi connectivity index (χ0) is 60.5. The third-order valence-electron chi connectivity index (χ3n) is 11.0. The van der Waals surface area contributed by atoms with Gasteiger partial charge in [0.05, 0.1) is 23.7 Å². The van der Waals surface area contributed by atoms with Crippen molar-refractivity contribution in [3.8, 4) is 32.5 Å². The number of H-pyrrole nitrogens is 1. The second-order valence-corrected chi connectivity index (χ2v) is 21.9. The van der Waals surface area contributed by atoms with Crippen LogP contribution < -0.4 is 22.3 Å². The van der Waals surface area contributed by atoms with Crippen molar-refractivity contribution in [3.63, 3.8) is 0 Å². The number of carbonyl (C=O) groups excluding carboxylic acids is 2. The number of nitrogen functional groups attached to an aromatic ring is 1. The van der Waals surface area contributed by atoms with Crippen LogP contribution in [0.1, 0.15) is 110 Å². The standard InChI is InChI=1S/C15H17F3N4S.C9H7ClFN3S.C9H8FN3OS.C6H11F2N.C6H9FO3.C5H7N3S.2ClH/c1-8-7-23-14(19-8)13-20-9(2)11(16)12(22-13)21-10-3-5-15(17,18)6-4-10;1-4-3-15-9(12-4)8-13-5(2)6(11)7(10)14-8;1-4-3-15-9(11-4)7-12-5(2)6(10)8(14)13-7;7-6(8)3-1-5(9)2-4-6;1-3-10-6(9)5(7)4(2)8;1-3-2-9-5(8-3)4(6)7;;/h7,10H,3-6H2,1-2H3,(H,20,21,22);3H,1-2H3;3H,1-2H3,(H,12,13,14);5H,1-4,9H2;5H,3H2,1-2H3;2H,1H3,(H3,6,7);2*1H. The van der Waals surface area contributed by atoms with E-state index in [2.05, 4.69) is 59.9 Å². The van der Waals surface area contributed by atoms with Crippen LogP contribution in [0.4, 0.5) is 40.9 Å². The molecule has 0 saturated heterocycles. The molecule has 9 rings (SSSR count). The summed E-state index contributed by atoms with van der Waals surface area (Å²) in [6.45, 7) is 14.6. The van der Waals surface area contributed by atoms with Crippen LogP contribution in [0.15, 0.2) is 26.3 Å². The number of aromatic amines is 1. The number of alkyl halides is 5. The maximum Gasteiger partial charge on any atom is 0.348 e. The van der Waals surface area contributed by atoms with Crippen LogP contribution in [0.25, 0.3) is 32.5 Å². The minimum absolute atomic E-state index is 0. The Morgan fingerprint density at radius 3 is 1.52 bits per heavy atom. The molecule has 2 aliphatic carbocycles. The number of nitrogens with zero attached hydrogens (tertiary/aromatic N) is 9. The van der Waals surface area contributed by atoms with E-state index in [1.165, 1.54) is 52.3 Å². The maximum absolute atomic E-state index is 14.3. The number of nitrogens with one attached hydrogen (secondary N) is 3. The predicted octanol–water partition coefficient (Wildman–Crippen LogP) is 12.6. The number of hydrogen-bond donors (Lipinski definition) is 5. The number of nitrogens with two attached hydrogens (primary N) is 2. The zero-order valence-corrected chi connectivity index (χ0v) is 51.7. The quantitative estimate of drug-likeness (QED) is 0.0224. The summed E-state index contributed by atoms with van der Waals surface area (Å²) in [5, 5.41) is 19.7. The molecule has 2 saturated carbocycles. The number of rotatable bonds is 9. The number of thiazole rings is 4. The fourth-order valence-corrected chi connectivity index (χ4v) is 9.79. The van der Waals surface area contributed by atoms with Gasteiger partial charge in [0.1, 0.15) is 0 Å². The highest BCUT2D eigenvalue weighted by atomic mass is 35.5. The van der Waals surface area contributed by atoms with E-state index < -0.39 is 52.8 Å². The number of hydrogen-bond acceptors (Lipinski definition) is 20.